The summed E-state index contributed by atoms with van der Waals surface area (Å²) in [6, 6.07) is 5.77. The Balaban J connectivity index is 1.53. The van der Waals surface area contributed by atoms with Gasteiger partial charge in [-0.05, 0) is 31.5 Å². The summed E-state index contributed by atoms with van der Waals surface area (Å²) >= 11 is 0. The van der Waals surface area contributed by atoms with Crippen molar-refractivity contribution in [2.24, 2.45) is 0 Å². The molecule has 3 heterocycles. The third-order valence-electron chi connectivity index (χ3n) is 3.66. The number of pyridine rings is 1. The van der Waals surface area contributed by atoms with E-state index in [0.717, 1.165) is 37.3 Å². The SMILES string of the molecule is O=C(NCCc1nnc2ccccn12)[C@H]1CCCCN1. The number of aromatic nitrogens is 3. The first-order valence-corrected chi connectivity index (χ1v) is 7.14. The van der Waals surface area contributed by atoms with E-state index in [2.05, 4.69) is 20.8 Å². The topological polar surface area (TPSA) is 71.3 Å². The fraction of sp³-hybridized carbons (Fsp3) is 0.500. The summed E-state index contributed by atoms with van der Waals surface area (Å²) in [5, 5.41) is 14.5. The van der Waals surface area contributed by atoms with Crippen LogP contribution in [0.15, 0.2) is 24.4 Å². The van der Waals surface area contributed by atoms with Crippen LogP contribution in [0, 0.1) is 0 Å². The minimum Gasteiger partial charge on any atom is -0.354 e. The number of nitrogens with zero attached hydrogens (tertiary/aromatic N) is 3. The van der Waals surface area contributed by atoms with Gasteiger partial charge in [0.1, 0.15) is 5.82 Å². The monoisotopic (exact) mass is 273 g/mol. The summed E-state index contributed by atoms with van der Waals surface area (Å²) in [6.07, 6.45) is 5.84. The fourth-order valence-corrected chi connectivity index (χ4v) is 2.56. The molecule has 1 fully saturated rings. The lowest BCUT2D eigenvalue weighted by Crippen LogP contribution is -2.47. The molecule has 3 rings (SSSR count). The Morgan fingerprint density at radius 3 is 3.20 bits per heavy atom. The molecule has 2 aromatic heterocycles. The first-order chi connectivity index (χ1) is 9.84. The maximum atomic E-state index is 12.0. The molecular weight excluding hydrogens is 254 g/mol. The van der Waals surface area contributed by atoms with Gasteiger partial charge in [-0.1, -0.05) is 12.5 Å². The Morgan fingerprint density at radius 1 is 1.40 bits per heavy atom. The summed E-state index contributed by atoms with van der Waals surface area (Å²) in [5.41, 5.74) is 0.836. The van der Waals surface area contributed by atoms with E-state index >= 15 is 0 Å². The summed E-state index contributed by atoms with van der Waals surface area (Å²) in [5.74, 6) is 0.969. The molecule has 6 nitrogen and oxygen atoms in total. The first-order valence-electron chi connectivity index (χ1n) is 7.14. The molecule has 0 spiro atoms. The highest BCUT2D eigenvalue weighted by Crippen LogP contribution is 2.07. The molecule has 1 aliphatic heterocycles. The molecule has 0 aliphatic carbocycles. The van der Waals surface area contributed by atoms with Gasteiger partial charge in [0.25, 0.3) is 0 Å². The van der Waals surface area contributed by atoms with Gasteiger partial charge in [0.2, 0.25) is 5.91 Å². The largest absolute Gasteiger partial charge is 0.354 e. The quantitative estimate of drug-likeness (QED) is 0.852. The smallest absolute Gasteiger partial charge is 0.237 e. The van der Waals surface area contributed by atoms with E-state index in [1.54, 1.807) is 0 Å². The molecule has 1 atom stereocenters. The van der Waals surface area contributed by atoms with Crippen LogP contribution >= 0.6 is 0 Å². The van der Waals surface area contributed by atoms with Crippen molar-refractivity contribution >= 4 is 11.6 Å². The molecule has 1 amide bonds. The molecule has 0 bridgehead atoms. The molecule has 0 unspecified atom stereocenters. The van der Waals surface area contributed by atoms with Crippen molar-refractivity contribution in [3.05, 3.63) is 30.2 Å². The van der Waals surface area contributed by atoms with E-state index < -0.39 is 0 Å². The number of piperidine rings is 1. The Hall–Kier alpha value is -1.95. The normalized spacial score (nSPS) is 19.1. The molecule has 0 radical (unpaired) electrons. The van der Waals surface area contributed by atoms with Crippen LogP contribution in [-0.2, 0) is 11.2 Å². The number of amides is 1. The van der Waals surface area contributed by atoms with Crippen molar-refractivity contribution in [3.63, 3.8) is 0 Å². The second-order valence-corrected chi connectivity index (χ2v) is 5.09. The Morgan fingerprint density at radius 2 is 2.35 bits per heavy atom. The molecule has 106 valence electrons. The summed E-state index contributed by atoms with van der Waals surface area (Å²) in [6.45, 7) is 1.53. The lowest BCUT2D eigenvalue weighted by molar-refractivity contribution is -0.123. The van der Waals surface area contributed by atoms with Gasteiger partial charge >= 0.3 is 0 Å². The van der Waals surface area contributed by atoms with Crippen molar-refractivity contribution in [3.8, 4) is 0 Å². The van der Waals surface area contributed by atoms with Crippen LogP contribution in [0.4, 0.5) is 0 Å². The standard InChI is InChI=1S/C14H19N5O/c20-14(11-5-1-3-8-15-11)16-9-7-13-18-17-12-6-2-4-10-19(12)13/h2,4,6,10-11,15H,1,3,5,7-9H2,(H,16,20)/t11-/m1/s1. The Kier molecular flexibility index (Phi) is 3.92. The summed E-state index contributed by atoms with van der Waals surface area (Å²) < 4.78 is 1.95. The van der Waals surface area contributed by atoms with E-state index in [-0.39, 0.29) is 11.9 Å². The number of fused-ring (bicyclic) bond motifs is 1. The van der Waals surface area contributed by atoms with Crippen molar-refractivity contribution in [1.29, 1.82) is 0 Å². The zero-order valence-electron chi connectivity index (χ0n) is 11.4. The van der Waals surface area contributed by atoms with E-state index in [1.807, 2.05) is 28.8 Å². The zero-order valence-corrected chi connectivity index (χ0v) is 11.4. The van der Waals surface area contributed by atoms with Crippen molar-refractivity contribution in [2.45, 2.75) is 31.7 Å². The summed E-state index contributed by atoms with van der Waals surface area (Å²) in [7, 11) is 0. The van der Waals surface area contributed by atoms with Gasteiger partial charge in [0, 0.05) is 19.2 Å². The minimum absolute atomic E-state index is 0.0288. The van der Waals surface area contributed by atoms with Crippen molar-refractivity contribution in [1.82, 2.24) is 25.2 Å². The summed E-state index contributed by atoms with van der Waals surface area (Å²) in [4.78, 5) is 12.0. The number of nitrogens with one attached hydrogen (secondary N) is 2. The van der Waals surface area contributed by atoms with Gasteiger partial charge in [-0.3, -0.25) is 9.20 Å². The van der Waals surface area contributed by atoms with E-state index in [4.69, 9.17) is 0 Å². The molecule has 20 heavy (non-hydrogen) atoms. The van der Waals surface area contributed by atoms with Crippen LogP contribution in [0.2, 0.25) is 0 Å². The van der Waals surface area contributed by atoms with E-state index in [0.29, 0.717) is 13.0 Å². The second-order valence-electron chi connectivity index (χ2n) is 5.09. The second kappa shape index (κ2) is 6.00. The molecular formula is C14H19N5O. The molecule has 0 aromatic carbocycles. The molecule has 2 N–H and O–H groups in total. The molecule has 0 saturated carbocycles. The van der Waals surface area contributed by atoms with Gasteiger partial charge in [-0.15, -0.1) is 10.2 Å². The molecule has 1 saturated heterocycles. The van der Waals surface area contributed by atoms with Crippen LogP contribution < -0.4 is 10.6 Å². The van der Waals surface area contributed by atoms with E-state index in [1.165, 1.54) is 0 Å². The number of hydrogen-bond acceptors (Lipinski definition) is 4. The van der Waals surface area contributed by atoms with Crippen LogP contribution in [0.25, 0.3) is 5.65 Å². The van der Waals surface area contributed by atoms with Gasteiger partial charge in [0.05, 0.1) is 6.04 Å². The molecule has 6 heteroatoms. The number of carbonyl (C=O) groups excluding carboxylic acids is 1. The van der Waals surface area contributed by atoms with Crippen LogP contribution in [0.5, 0.6) is 0 Å². The predicted molar refractivity (Wildman–Crippen MR) is 75.3 cm³/mol. The van der Waals surface area contributed by atoms with E-state index in [9.17, 15) is 4.79 Å². The number of rotatable bonds is 4. The lowest BCUT2D eigenvalue weighted by Gasteiger charge is -2.22. The van der Waals surface area contributed by atoms with Gasteiger partial charge in [0.15, 0.2) is 5.65 Å². The highest BCUT2D eigenvalue weighted by molar-refractivity contribution is 5.81. The van der Waals surface area contributed by atoms with Crippen LogP contribution in [0.3, 0.4) is 0 Å². The average molecular weight is 273 g/mol. The zero-order chi connectivity index (χ0) is 13.8. The average Bonchev–Trinajstić information content (AvgIpc) is 2.92. The van der Waals surface area contributed by atoms with Crippen LogP contribution in [-0.4, -0.2) is 39.6 Å². The number of carbonyl (C=O) groups is 1. The van der Waals surface area contributed by atoms with Gasteiger partial charge in [-0.25, -0.2) is 0 Å². The first kappa shape index (κ1) is 13.1. The maximum Gasteiger partial charge on any atom is 0.237 e. The highest BCUT2D eigenvalue weighted by atomic mass is 16.2. The van der Waals surface area contributed by atoms with Gasteiger partial charge < -0.3 is 10.6 Å². The lowest BCUT2D eigenvalue weighted by atomic mass is 10.0. The highest BCUT2D eigenvalue weighted by Gasteiger charge is 2.19. The fourth-order valence-electron chi connectivity index (χ4n) is 2.56. The predicted octanol–water partition coefficient (Wildman–Crippen LogP) is 0.530. The third kappa shape index (κ3) is 2.80. The third-order valence-corrected chi connectivity index (χ3v) is 3.66. The van der Waals surface area contributed by atoms with Gasteiger partial charge in [-0.2, -0.15) is 0 Å². The van der Waals surface area contributed by atoms with Crippen LogP contribution in [0.1, 0.15) is 25.1 Å². The van der Waals surface area contributed by atoms with Crippen molar-refractivity contribution < 1.29 is 4.79 Å². The minimum atomic E-state index is -0.0288. The molecule has 1 aliphatic rings. The Bertz CT molecular complexity index is 588. The molecule has 2 aromatic rings. The number of hydrogen-bond donors (Lipinski definition) is 2. The maximum absolute atomic E-state index is 12.0. The van der Waals surface area contributed by atoms with Crippen molar-refractivity contribution in [2.75, 3.05) is 13.1 Å². The Labute approximate surface area is 117 Å².